The van der Waals surface area contributed by atoms with Gasteiger partial charge >= 0.3 is 12.1 Å². The molecule has 5 nitrogen and oxygen atoms in total. The van der Waals surface area contributed by atoms with Crippen LogP contribution in [0.3, 0.4) is 0 Å². The molecule has 0 spiro atoms. The Kier molecular flexibility index (Phi) is 5.51. The molecule has 20 heavy (non-hydrogen) atoms. The van der Waals surface area contributed by atoms with Crippen molar-refractivity contribution in [2.24, 2.45) is 5.41 Å². The van der Waals surface area contributed by atoms with Crippen LogP contribution in [0.4, 0.5) is 13.6 Å². The van der Waals surface area contributed by atoms with Crippen molar-refractivity contribution in [3.8, 4) is 0 Å². The summed E-state index contributed by atoms with van der Waals surface area (Å²) in [4.78, 5) is 22.2. The zero-order chi connectivity index (χ0) is 16.4. The van der Waals surface area contributed by atoms with Crippen molar-refractivity contribution in [2.45, 2.75) is 65.5 Å². The summed E-state index contributed by atoms with van der Waals surface area (Å²) >= 11 is 0. The molecule has 1 amide bonds. The molecule has 0 bridgehead atoms. The fraction of sp³-hybridized carbons (Fsp3) is 0.846. The van der Waals surface area contributed by atoms with Crippen molar-refractivity contribution in [2.75, 3.05) is 0 Å². The molecule has 1 atom stereocenters. The van der Waals surface area contributed by atoms with E-state index in [1.54, 1.807) is 20.8 Å². The predicted octanol–water partition coefficient (Wildman–Crippen LogP) is 3.04. The van der Waals surface area contributed by atoms with Crippen molar-refractivity contribution in [3.05, 3.63) is 0 Å². The lowest BCUT2D eigenvalue weighted by Gasteiger charge is -2.37. The molecule has 7 heteroatoms. The second-order valence-electron chi connectivity index (χ2n) is 6.78. The van der Waals surface area contributed by atoms with E-state index in [0.717, 1.165) is 0 Å². The number of alkyl carbamates (subject to hydrolysis) is 1. The number of carbonyl (C=O) groups excluding carboxylic acids is 1. The molecule has 2 N–H and O–H groups in total. The van der Waals surface area contributed by atoms with Gasteiger partial charge in [0.1, 0.15) is 18.1 Å². The minimum Gasteiger partial charge on any atom is -0.481 e. The molecule has 0 aromatic carbocycles. The van der Waals surface area contributed by atoms with Crippen LogP contribution in [-0.2, 0) is 9.53 Å². The molecular weight excluding hydrogens is 272 g/mol. The molecule has 118 valence electrons. The van der Waals surface area contributed by atoms with Crippen molar-refractivity contribution < 1.29 is 28.2 Å². The topological polar surface area (TPSA) is 75.6 Å². The highest BCUT2D eigenvalue weighted by Gasteiger charge is 2.49. The van der Waals surface area contributed by atoms with E-state index in [1.807, 2.05) is 0 Å². The van der Waals surface area contributed by atoms with E-state index in [4.69, 9.17) is 9.84 Å². The average Bonchev–Trinajstić information content (AvgIpc) is 2.06. The normalized spacial score (nSPS) is 14.6. The zero-order valence-electron chi connectivity index (χ0n) is 12.7. The molecule has 0 aromatic rings. The first-order valence-electron chi connectivity index (χ1n) is 6.24. The van der Waals surface area contributed by atoms with E-state index in [0.29, 0.717) is 0 Å². The van der Waals surface area contributed by atoms with Crippen LogP contribution in [0.1, 0.15) is 48.0 Å². The summed E-state index contributed by atoms with van der Waals surface area (Å²) in [7, 11) is 0. The van der Waals surface area contributed by atoms with Crippen LogP contribution in [0.2, 0.25) is 0 Å². The van der Waals surface area contributed by atoms with Crippen LogP contribution in [0.25, 0.3) is 0 Å². The molecule has 1 unspecified atom stereocenters. The summed E-state index contributed by atoms with van der Waals surface area (Å²) in [5, 5.41) is 10.6. The Morgan fingerprint density at radius 1 is 1.15 bits per heavy atom. The summed E-state index contributed by atoms with van der Waals surface area (Å²) in [6.07, 6.45) is -2.35. The van der Waals surface area contributed by atoms with Gasteiger partial charge in [-0.1, -0.05) is 20.8 Å². The summed E-state index contributed by atoms with van der Waals surface area (Å²) in [6, 6.07) is -1.65. The smallest absolute Gasteiger partial charge is 0.408 e. The van der Waals surface area contributed by atoms with E-state index in [9.17, 15) is 18.4 Å². The van der Waals surface area contributed by atoms with Gasteiger partial charge in [-0.2, -0.15) is 0 Å². The molecule has 0 rings (SSSR count). The maximum Gasteiger partial charge on any atom is 0.408 e. The van der Waals surface area contributed by atoms with Crippen LogP contribution >= 0.6 is 0 Å². The number of carboxylic acid groups (broad SMARTS) is 1. The molecule has 0 heterocycles. The predicted molar refractivity (Wildman–Crippen MR) is 69.8 cm³/mol. The summed E-state index contributed by atoms with van der Waals surface area (Å²) in [5.74, 6) is -5.21. The number of carbonyl (C=O) groups is 2. The third-order valence-electron chi connectivity index (χ3n) is 2.34. The van der Waals surface area contributed by atoms with E-state index in [2.05, 4.69) is 5.32 Å². The SMILES string of the molecule is CC(C)(C)OC(=O)NC(C(C)(C)C)C(F)(F)CC(=O)O. The van der Waals surface area contributed by atoms with Crippen LogP contribution in [0.5, 0.6) is 0 Å². The number of amides is 1. The fourth-order valence-corrected chi connectivity index (χ4v) is 1.68. The fourth-order valence-electron chi connectivity index (χ4n) is 1.68. The number of carboxylic acids is 1. The number of rotatable bonds is 4. The maximum atomic E-state index is 14.0. The first-order chi connectivity index (χ1) is 8.65. The number of halogens is 2. The molecule has 0 radical (unpaired) electrons. The van der Waals surface area contributed by atoms with Crippen molar-refractivity contribution in [1.29, 1.82) is 0 Å². The standard InChI is InChI=1S/C13H23F2NO4/c1-11(2,3)9(13(14,15)7-8(17)18)16-10(19)20-12(4,5)6/h9H,7H2,1-6H3,(H,16,19)(H,17,18). The Morgan fingerprint density at radius 3 is 1.90 bits per heavy atom. The highest BCUT2D eigenvalue weighted by atomic mass is 19.3. The van der Waals surface area contributed by atoms with E-state index < -0.39 is 41.5 Å². The van der Waals surface area contributed by atoms with E-state index in [1.165, 1.54) is 20.8 Å². The quantitative estimate of drug-likeness (QED) is 0.836. The van der Waals surface area contributed by atoms with Gasteiger partial charge in [-0.05, 0) is 26.2 Å². The Bertz CT molecular complexity index is 370. The Morgan fingerprint density at radius 2 is 1.60 bits per heavy atom. The van der Waals surface area contributed by atoms with Crippen LogP contribution < -0.4 is 5.32 Å². The van der Waals surface area contributed by atoms with Crippen LogP contribution in [0.15, 0.2) is 0 Å². The molecule has 0 aromatic heterocycles. The number of alkyl halides is 2. The minimum atomic E-state index is -3.58. The first kappa shape index (κ1) is 18.6. The lowest BCUT2D eigenvalue weighted by atomic mass is 9.82. The molecule has 0 aliphatic rings. The second kappa shape index (κ2) is 5.93. The van der Waals surface area contributed by atoms with Gasteiger partial charge in [-0.3, -0.25) is 4.79 Å². The number of ether oxygens (including phenoxy) is 1. The largest absolute Gasteiger partial charge is 0.481 e. The monoisotopic (exact) mass is 295 g/mol. The third kappa shape index (κ3) is 6.68. The zero-order valence-corrected chi connectivity index (χ0v) is 12.7. The van der Waals surface area contributed by atoms with Gasteiger partial charge in [0.25, 0.3) is 5.92 Å². The number of aliphatic carboxylic acids is 1. The Balaban J connectivity index is 5.11. The first-order valence-corrected chi connectivity index (χ1v) is 6.24. The third-order valence-corrected chi connectivity index (χ3v) is 2.34. The molecule has 0 aliphatic carbocycles. The van der Waals surface area contributed by atoms with Crippen molar-refractivity contribution in [1.82, 2.24) is 5.32 Å². The van der Waals surface area contributed by atoms with Gasteiger partial charge in [-0.25, -0.2) is 13.6 Å². The lowest BCUT2D eigenvalue weighted by molar-refractivity contribution is -0.150. The van der Waals surface area contributed by atoms with Gasteiger partial charge in [0.15, 0.2) is 0 Å². The molecule has 0 saturated carbocycles. The summed E-state index contributed by atoms with van der Waals surface area (Å²) in [5.41, 5.74) is -1.86. The highest BCUT2D eigenvalue weighted by molar-refractivity contribution is 5.70. The van der Waals surface area contributed by atoms with Gasteiger partial charge in [-0.15, -0.1) is 0 Å². The second-order valence-corrected chi connectivity index (χ2v) is 6.78. The van der Waals surface area contributed by atoms with Crippen LogP contribution in [-0.4, -0.2) is 34.7 Å². The van der Waals surface area contributed by atoms with Gasteiger partial charge in [0.05, 0.1) is 0 Å². The molecule has 0 fully saturated rings. The molecule has 0 saturated heterocycles. The van der Waals surface area contributed by atoms with Gasteiger partial charge in [0, 0.05) is 0 Å². The van der Waals surface area contributed by atoms with Gasteiger partial charge < -0.3 is 15.2 Å². The average molecular weight is 295 g/mol. The van der Waals surface area contributed by atoms with Gasteiger partial charge in [0.2, 0.25) is 0 Å². The molecule has 0 aliphatic heterocycles. The molecular formula is C13H23F2NO4. The summed E-state index contributed by atoms with van der Waals surface area (Å²) < 4.78 is 32.9. The maximum absolute atomic E-state index is 14.0. The number of hydrogen-bond donors (Lipinski definition) is 2. The summed E-state index contributed by atoms with van der Waals surface area (Å²) in [6.45, 7) is 9.29. The lowest BCUT2D eigenvalue weighted by Crippen LogP contribution is -2.56. The number of hydrogen-bond acceptors (Lipinski definition) is 3. The van der Waals surface area contributed by atoms with E-state index in [-0.39, 0.29) is 0 Å². The highest BCUT2D eigenvalue weighted by Crippen LogP contribution is 2.34. The van der Waals surface area contributed by atoms with Crippen LogP contribution in [0, 0.1) is 5.41 Å². The van der Waals surface area contributed by atoms with E-state index >= 15 is 0 Å². The Labute approximate surface area is 117 Å². The minimum absolute atomic E-state index is 0.825. The van der Waals surface area contributed by atoms with Crippen molar-refractivity contribution >= 4 is 12.1 Å². The number of nitrogens with one attached hydrogen (secondary N) is 1. The van der Waals surface area contributed by atoms with Crippen molar-refractivity contribution in [3.63, 3.8) is 0 Å². The Hall–Kier alpha value is -1.40.